The maximum absolute atomic E-state index is 13.9. The summed E-state index contributed by atoms with van der Waals surface area (Å²) in [6.45, 7) is 1.68. The summed E-state index contributed by atoms with van der Waals surface area (Å²) >= 11 is 0. The molecule has 0 fully saturated rings. The molecule has 0 bridgehead atoms. The summed E-state index contributed by atoms with van der Waals surface area (Å²) in [5.41, 5.74) is 0.371. The van der Waals surface area contributed by atoms with E-state index in [1.54, 1.807) is 0 Å². The van der Waals surface area contributed by atoms with E-state index in [9.17, 15) is 32.3 Å². The lowest BCUT2D eigenvalue weighted by Crippen LogP contribution is -2.39. The average molecular weight is 522 g/mol. The van der Waals surface area contributed by atoms with Crippen molar-refractivity contribution in [3.63, 3.8) is 0 Å². The van der Waals surface area contributed by atoms with Gasteiger partial charge in [-0.05, 0) is 31.0 Å². The predicted octanol–water partition coefficient (Wildman–Crippen LogP) is 3.47. The number of aromatic nitrogens is 4. The Balaban J connectivity index is 1.88. The number of ether oxygens (including phenoxy) is 2. The van der Waals surface area contributed by atoms with E-state index in [-0.39, 0.29) is 49.0 Å². The third kappa shape index (κ3) is 5.50. The molecule has 0 aliphatic heterocycles. The fraction of sp³-hybridized carbons (Fsp3) is 0.292. The van der Waals surface area contributed by atoms with Gasteiger partial charge in [0.05, 0.1) is 6.54 Å². The number of hydrogen-bond donors (Lipinski definition) is 1. The van der Waals surface area contributed by atoms with E-state index < -0.39 is 29.2 Å². The minimum Gasteiger partial charge on any atom is -0.425 e. The van der Waals surface area contributed by atoms with E-state index in [1.165, 1.54) is 11.6 Å². The van der Waals surface area contributed by atoms with Gasteiger partial charge in [-0.2, -0.15) is 4.98 Å². The molecule has 0 amide bonds. The molecule has 9 nitrogen and oxygen atoms in total. The van der Waals surface area contributed by atoms with Crippen molar-refractivity contribution in [1.82, 2.24) is 18.7 Å². The molecule has 0 saturated carbocycles. The second-order valence-corrected chi connectivity index (χ2v) is 8.26. The minimum atomic E-state index is -5.13. The van der Waals surface area contributed by atoms with E-state index >= 15 is 0 Å². The SMILES string of the molecule is Cc1ccc(Cn2c(Oc3ccc(F)c(OC(F)(F)F)c3)nc3c2c(=O)n(CCCO)c(=O)n3C)cc1. The molecule has 37 heavy (non-hydrogen) atoms. The number of alkyl halides is 3. The molecule has 0 radical (unpaired) electrons. The number of halogens is 4. The fourth-order valence-electron chi connectivity index (χ4n) is 3.73. The van der Waals surface area contributed by atoms with Gasteiger partial charge in [0.15, 0.2) is 22.7 Å². The van der Waals surface area contributed by atoms with Crippen LogP contribution in [0.5, 0.6) is 17.5 Å². The highest BCUT2D eigenvalue weighted by molar-refractivity contribution is 5.72. The van der Waals surface area contributed by atoms with Crippen LogP contribution in [0.2, 0.25) is 0 Å². The van der Waals surface area contributed by atoms with Gasteiger partial charge in [0, 0.05) is 26.3 Å². The number of imidazole rings is 1. The number of nitrogens with zero attached hydrogens (tertiary/aromatic N) is 4. The van der Waals surface area contributed by atoms with E-state index in [0.717, 1.165) is 32.4 Å². The first kappa shape index (κ1) is 25.9. The van der Waals surface area contributed by atoms with Crippen LogP contribution in [0.1, 0.15) is 17.5 Å². The Morgan fingerprint density at radius 2 is 1.76 bits per heavy atom. The van der Waals surface area contributed by atoms with Crippen LogP contribution in [0.15, 0.2) is 52.1 Å². The average Bonchev–Trinajstić information content (AvgIpc) is 3.18. The van der Waals surface area contributed by atoms with Crippen LogP contribution in [0.4, 0.5) is 17.6 Å². The Morgan fingerprint density at radius 3 is 2.41 bits per heavy atom. The van der Waals surface area contributed by atoms with Gasteiger partial charge < -0.3 is 14.6 Å². The van der Waals surface area contributed by atoms with E-state index in [1.807, 2.05) is 31.2 Å². The molecule has 0 saturated heterocycles. The number of benzene rings is 2. The number of aryl methyl sites for hydroxylation is 2. The Morgan fingerprint density at radius 1 is 1.05 bits per heavy atom. The highest BCUT2D eigenvalue weighted by Gasteiger charge is 2.32. The summed E-state index contributed by atoms with van der Waals surface area (Å²) in [5, 5.41) is 9.18. The van der Waals surface area contributed by atoms with Crippen molar-refractivity contribution in [3.8, 4) is 17.5 Å². The van der Waals surface area contributed by atoms with Gasteiger partial charge in [-0.15, -0.1) is 13.2 Å². The lowest BCUT2D eigenvalue weighted by Gasteiger charge is -2.13. The van der Waals surface area contributed by atoms with Gasteiger partial charge in [-0.1, -0.05) is 29.8 Å². The Kier molecular flexibility index (Phi) is 7.07. The summed E-state index contributed by atoms with van der Waals surface area (Å²) in [6, 6.07) is 9.63. The zero-order valence-electron chi connectivity index (χ0n) is 19.8. The van der Waals surface area contributed by atoms with E-state index in [0.29, 0.717) is 6.07 Å². The number of rotatable bonds is 8. The van der Waals surface area contributed by atoms with Crippen molar-refractivity contribution >= 4 is 11.2 Å². The van der Waals surface area contributed by atoms with Crippen molar-refractivity contribution < 1.29 is 32.1 Å². The lowest BCUT2D eigenvalue weighted by atomic mass is 10.1. The number of aliphatic hydroxyl groups excluding tert-OH is 1. The molecular weight excluding hydrogens is 500 g/mol. The fourth-order valence-corrected chi connectivity index (χ4v) is 3.73. The first-order chi connectivity index (χ1) is 17.5. The zero-order valence-corrected chi connectivity index (χ0v) is 19.8. The molecule has 0 spiro atoms. The molecule has 4 aromatic rings. The van der Waals surface area contributed by atoms with Crippen LogP contribution in [0.25, 0.3) is 11.2 Å². The van der Waals surface area contributed by atoms with Crippen molar-refractivity contribution in [2.75, 3.05) is 6.61 Å². The molecule has 13 heteroatoms. The molecule has 0 aliphatic carbocycles. The maximum Gasteiger partial charge on any atom is 0.573 e. The Labute approximate surface area is 206 Å². The smallest absolute Gasteiger partial charge is 0.425 e. The molecule has 2 heterocycles. The molecule has 0 aliphatic rings. The predicted molar refractivity (Wildman–Crippen MR) is 124 cm³/mol. The van der Waals surface area contributed by atoms with E-state index in [4.69, 9.17) is 4.74 Å². The monoisotopic (exact) mass is 522 g/mol. The Bertz CT molecular complexity index is 1560. The summed E-state index contributed by atoms with van der Waals surface area (Å²) in [4.78, 5) is 30.4. The first-order valence-corrected chi connectivity index (χ1v) is 11.1. The summed E-state index contributed by atoms with van der Waals surface area (Å²) in [6.07, 6.45) is -4.97. The third-order valence-electron chi connectivity index (χ3n) is 5.54. The molecule has 2 aromatic heterocycles. The summed E-state index contributed by atoms with van der Waals surface area (Å²) in [5.74, 6) is -2.61. The number of hydrogen-bond acceptors (Lipinski definition) is 6. The van der Waals surface area contributed by atoms with Gasteiger partial charge in [0.25, 0.3) is 5.56 Å². The molecule has 0 unspecified atom stereocenters. The van der Waals surface area contributed by atoms with Crippen LogP contribution in [-0.4, -0.2) is 36.8 Å². The molecule has 2 aromatic carbocycles. The minimum absolute atomic E-state index is 0.00416. The highest BCUT2D eigenvalue weighted by atomic mass is 19.4. The normalized spacial score (nSPS) is 11.8. The number of fused-ring (bicyclic) bond motifs is 1. The second-order valence-electron chi connectivity index (χ2n) is 8.26. The van der Waals surface area contributed by atoms with Gasteiger partial charge >= 0.3 is 18.1 Å². The standard InChI is InChI=1S/C24H22F4N4O5/c1-14-4-6-15(7-5-14)13-32-19-20(30(2)23(35)31(21(19)34)10-3-11-33)29-22(32)36-16-8-9-17(25)18(12-16)37-24(26,27)28/h4-9,12,33H,3,10-11,13H2,1-2H3. The maximum atomic E-state index is 13.9. The van der Waals surface area contributed by atoms with Crippen LogP contribution in [0.3, 0.4) is 0 Å². The van der Waals surface area contributed by atoms with Crippen molar-refractivity contribution in [1.29, 1.82) is 0 Å². The zero-order chi connectivity index (χ0) is 26.9. The van der Waals surface area contributed by atoms with Gasteiger partial charge in [0.2, 0.25) is 0 Å². The molecule has 1 N–H and O–H groups in total. The lowest BCUT2D eigenvalue weighted by molar-refractivity contribution is -0.275. The van der Waals surface area contributed by atoms with Crippen molar-refractivity contribution in [2.45, 2.75) is 32.8 Å². The molecule has 0 atom stereocenters. The highest BCUT2D eigenvalue weighted by Crippen LogP contribution is 2.32. The molecule has 4 rings (SSSR count). The van der Waals surface area contributed by atoms with Crippen molar-refractivity contribution in [2.24, 2.45) is 7.05 Å². The van der Waals surface area contributed by atoms with E-state index in [2.05, 4.69) is 9.72 Å². The Hall–Kier alpha value is -4.13. The van der Waals surface area contributed by atoms with Crippen LogP contribution in [-0.2, 0) is 20.1 Å². The third-order valence-corrected chi connectivity index (χ3v) is 5.54. The first-order valence-electron chi connectivity index (χ1n) is 11.1. The molecular formula is C24H22F4N4O5. The van der Waals surface area contributed by atoms with Crippen LogP contribution < -0.4 is 20.7 Å². The van der Waals surface area contributed by atoms with Gasteiger partial charge in [-0.3, -0.25) is 18.5 Å². The summed E-state index contributed by atoms with van der Waals surface area (Å²) < 4.78 is 64.8. The van der Waals surface area contributed by atoms with Crippen molar-refractivity contribution in [3.05, 3.63) is 80.2 Å². The van der Waals surface area contributed by atoms with Crippen LogP contribution >= 0.6 is 0 Å². The summed E-state index contributed by atoms with van der Waals surface area (Å²) in [7, 11) is 1.40. The second kappa shape index (κ2) is 10.1. The van der Waals surface area contributed by atoms with Gasteiger partial charge in [-0.25, -0.2) is 9.18 Å². The largest absolute Gasteiger partial charge is 0.573 e. The molecule has 196 valence electrons. The topological polar surface area (TPSA) is 101 Å². The quantitative estimate of drug-likeness (QED) is 0.356. The number of aliphatic hydroxyl groups is 1. The van der Waals surface area contributed by atoms with Crippen LogP contribution in [0, 0.1) is 12.7 Å². The van der Waals surface area contributed by atoms with Gasteiger partial charge in [0.1, 0.15) is 5.75 Å².